The first kappa shape index (κ1) is 22.1. The number of halogens is 1. The van der Waals surface area contributed by atoms with Gasteiger partial charge in [-0.25, -0.2) is 4.39 Å². The third-order valence-electron chi connectivity index (χ3n) is 5.30. The molecule has 0 atom stereocenters. The second-order valence-corrected chi connectivity index (χ2v) is 7.41. The van der Waals surface area contributed by atoms with Crippen molar-refractivity contribution in [2.24, 2.45) is 0 Å². The minimum atomic E-state index is -0.532. The molecule has 2 heterocycles. The molecule has 1 aliphatic heterocycles. The van der Waals surface area contributed by atoms with Gasteiger partial charge in [0.2, 0.25) is 17.5 Å². The fraction of sp³-hybridized carbons (Fsp3) is 0.240. The molecule has 2 aromatic carbocycles. The summed E-state index contributed by atoms with van der Waals surface area (Å²) < 4.78 is 25.2. The van der Waals surface area contributed by atoms with Crippen LogP contribution in [0.3, 0.4) is 0 Å². The molecule has 0 aliphatic carbocycles. The Kier molecular flexibility index (Phi) is 6.69. The number of ether oxygens (including phenoxy) is 1. The van der Waals surface area contributed by atoms with E-state index in [0.29, 0.717) is 44.6 Å². The second-order valence-electron chi connectivity index (χ2n) is 7.41. The summed E-state index contributed by atoms with van der Waals surface area (Å²) in [6.07, 6.45) is 3.55. The Balaban J connectivity index is 1.42. The van der Waals surface area contributed by atoms with Gasteiger partial charge in [-0.3, -0.25) is 4.79 Å². The van der Waals surface area contributed by atoms with Crippen molar-refractivity contribution in [2.75, 3.05) is 37.7 Å². The Morgan fingerprint density at radius 1 is 1.15 bits per heavy atom. The number of aromatic nitrogens is 1. The van der Waals surface area contributed by atoms with Crippen LogP contribution in [0, 0.1) is 17.1 Å². The monoisotopic (exact) mass is 446 g/mol. The SMILES string of the molecule is CCOc1ccc(/C=C/c2nc(C#N)c(N3CCN(C(=O)c4ccccc4F)CC3)o2)cc1. The Labute approximate surface area is 191 Å². The van der Waals surface area contributed by atoms with Crippen LogP contribution in [0.25, 0.3) is 12.2 Å². The molecule has 1 amide bonds. The molecule has 1 aromatic heterocycles. The van der Waals surface area contributed by atoms with E-state index in [1.54, 1.807) is 23.1 Å². The lowest BCUT2D eigenvalue weighted by atomic mass is 10.1. The fourth-order valence-corrected chi connectivity index (χ4v) is 3.61. The zero-order valence-electron chi connectivity index (χ0n) is 18.2. The van der Waals surface area contributed by atoms with Crippen molar-refractivity contribution in [3.63, 3.8) is 0 Å². The number of anilines is 1. The first-order valence-electron chi connectivity index (χ1n) is 10.7. The van der Waals surface area contributed by atoms with Crippen molar-refractivity contribution in [2.45, 2.75) is 6.92 Å². The van der Waals surface area contributed by atoms with Crippen LogP contribution in [0.4, 0.5) is 10.3 Å². The summed E-state index contributed by atoms with van der Waals surface area (Å²) in [7, 11) is 0. The van der Waals surface area contributed by atoms with Crippen LogP contribution in [0.2, 0.25) is 0 Å². The fourth-order valence-electron chi connectivity index (χ4n) is 3.61. The molecule has 0 saturated carbocycles. The minimum Gasteiger partial charge on any atom is -0.494 e. The number of nitriles is 1. The summed E-state index contributed by atoms with van der Waals surface area (Å²) in [5.41, 5.74) is 1.19. The van der Waals surface area contributed by atoms with Crippen LogP contribution >= 0.6 is 0 Å². The molecule has 0 radical (unpaired) electrons. The summed E-state index contributed by atoms with van der Waals surface area (Å²) >= 11 is 0. The van der Waals surface area contributed by atoms with E-state index in [1.807, 2.05) is 42.2 Å². The normalized spacial score (nSPS) is 13.8. The van der Waals surface area contributed by atoms with Gasteiger partial charge < -0.3 is 19.0 Å². The number of nitrogens with zero attached hydrogens (tertiary/aromatic N) is 4. The molecule has 8 heteroatoms. The van der Waals surface area contributed by atoms with E-state index in [-0.39, 0.29) is 17.2 Å². The minimum absolute atomic E-state index is 0.0602. The highest BCUT2D eigenvalue weighted by atomic mass is 19.1. The van der Waals surface area contributed by atoms with Gasteiger partial charge in [0.1, 0.15) is 17.6 Å². The molecule has 7 nitrogen and oxygen atoms in total. The third-order valence-corrected chi connectivity index (χ3v) is 5.30. The molecule has 0 bridgehead atoms. The number of oxazole rings is 1. The van der Waals surface area contributed by atoms with E-state index in [2.05, 4.69) is 11.1 Å². The molecule has 1 fully saturated rings. The lowest BCUT2D eigenvalue weighted by Crippen LogP contribution is -2.49. The van der Waals surface area contributed by atoms with Crippen LogP contribution < -0.4 is 9.64 Å². The number of carbonyl (C=O) groups is 1. The third kappa shape index (κ3) is 5.04. The maximum Gasteiger partial charge on any atom is 0.256 e. The van der Waals surface area contributed by atoms with Crippen LogP contribution in [0.1, 0.15) is 34.4 Å². The second kappa shape index (κ2) is 10.0. The van der Waals surface area contributed by atoms with Gasteiger partial charge in [0.15, 0.2) is 0 Å². The van der Waals surface area contributed by atoms with Crippen molar-refractivity contribution >= 4 is 23.9 Å². The van der Waals surface area contributed by atoms with Crippen molar-refractivity contribution in [3.8, 4) is 11.8 Å². The van der Waals surface area contributed by atoms with Crippen LogP contribution in [0.15, 0.2) is 52.9 Å². The van der Waals surface area contributed by atoms with Gasteiger partial charge in [-0.2, -0.15) is 10.2 Å². The molecular weight excluding hydrogens is 423 g/mol. The largest absolute Gasteiger partial charge is 0.494 e. The number of piperazine rings is 1. The number of hydrogen-bond donors (Lipinski definition) is 0. The number of hydrogen-bond acceptors (Lipinski definition) is 6. The summed E-state index contributed by atoms with van der Waals surface area (Å²) in [6, 6.07) is 15.6. The van der Waals surface area contributed by atoms with Crippen LogP contribution in [0.5, 0.6) is 5.75 Å². The summed E-state index contributed by atoms with van der Waals surface area (Å²) in [6.45, 7) is 4.21. The quantitative estimate of drug-likeness (QED) is 0.564. The van der Waals surface area contributed by atoms with Gasteiger partial charge in [-0.1, -0.05) is 24.3 Å². The van der Waals surface area contributed by atoms with Gasteiger partial charge in [0.25, 0.3) is 5.91 Å². The smallest absolute Gasteiger partial charge is 0.256 e. The number of carbonyl (C=O) groups excluding carboxylic acids is 1. The maximum absolute atomic E-state index is 14.0. The highest BCUT2D eigenvalue weighted by Crippen LogP contribution is 2.25. The molecular formula is C25H23FN4O3. The standard InChI is InChI=1S/C25H23FN4O3/c1-2-32-19-10-7-18(8-11-19)9-12-23-28-22(17-27)25(33-23)30-15-13-29(14-16-30)24(31)20-5-3-4-6-21(20)26/h3-12H,2,13-16H2,1H3/b12-9+. The molecule has 3 aromatic rings. The topological polar surface area (TPSA) is 82.6 Å². The molecule has 33 heavy (non-hydrogen) atoms. The number of amides is 1. The van der Waals surface area contributed by atoms with E-state index < -0.39 is 5.82 Å². The zero-order valence-corrected chi connectivity index (χ0v) is 18.2. The Bertz CT molecular complexity index is 1190. The average Bonchev–Trinajstić information content (AvgIpc) is 3.27. The van der Waals surface area contributed by atoms with Crippen molar-refractivity contribution < 1.29 is 18.3 Å². The van der Waals surface area contributed by atoms with Crippen molar-refractivity contribution in [1.29, 1.82) is 5.26 Å². The van der Waals surface area contributed by atoms with Crippen molar-refractivity contribution in [1.82, 2.24) is 9.88 Å². The Morgan fingerprint density at radius 3 is 2.55 bits per heavy atom. The zero-order chi connectivity index (χ0) is 23.2. The highest BCUT2D eigenvalue weighted by molar-refractivity contribution is 5.94. The van der Waals surface area contributed by atoms with E-state index in [4.69, 9.17) is 9.15 Å². The number of rotatable bonds is 6. The Morgan fingerprint density at radius 2 is 1.88 bits per heavy atom. The van der Waals surface area contributed by atoms with Crippen molar-refractivity contribution in [3.05, 3.63) is 77.1 Å². The predicted octanol–water partition coefficient (Wildman–Crippen LogP) is 4.22. The summed E-state index contributed by atoms with van der Waals surface area (Å²) in [5, 5.41) is 9.50. The molecule has 1 aliphatic rings. The predicted molar refractivity (Wildman–Crippen MR) is 122 cm³/mol. The van der Waals surface area contributed by atoms with Gasteiger partial charge >= 0.3 is 0 Å². The first-order chi connectivity index (χ1) is 16.1. The molecule has 0 N–H and O–H groups in total. The van der Waals surface area contributed by atoms with E-state index in [0.717, 1.165) is 11.3 Å². The summed E-state index contributed by atoms with van der Waals surface area (Å²) in [5.74, 6) is 0.621. The summed E-state index contributed by atoms with van der Waals surface area (Å²) in [4.78, 5) is 20.4. The first-order valence-corrected chi connectivity index (χ1v) is 10.7. The van der Waals surface area contributed by atoms with Gasteiger partial charge in [-0.05, 0) is 42.8 Å². The van der Waals surface area contributed by atoms with Gasteiger partial charge in [0.05, 0.1) is 12.2 Å². The average molecular weight is 446 g/mol. The van der Waals surface area contributed by atoms with Crippen LogP contribution in [-0.4, -0.2) is 48.6 Å². The molecule has 1 saturated heterocycles. The van der Waals surface area contributed by atoms with E-state index in [1.165, 1.54) is 12.1 Å². The lowest BCUT2D eigenvalue weighted by Gasteiger charge is -2.34. The molecule has 0 unspecified atom stereocenters. The Hall–Kier alpha value is -4.12. The molecule has 168 valence electrons. The lowest BCUT2D eigenvalue weighted by molar-refractivity contribution is 0.0740. The van der Waals surface area contributed by atoms with Gasteiger partial charge in [-0.15, -0.1) is 0 Å². The molecule has 4 rings (SSSR count). The highest BCUT2D eigenvalue weighted by Gasteiger charge is 2.27. The molecule has 0 spiro atoms. The number of benzene rings is 2. The van der Waals surface area contributed by atoms with E-state index in [9.17, 15) is 14.4 Å². The van der Waals surface area contributed by atoms with E-state index >= 15 is 0 Å². The van der Waals surface area contributed by atoms with Crippen LogP contribution in [-0.2, 0) is 0 Å². The maximum atomic E-state index is 14.0. The van der Waals surface area contributed by atoms with Gasteiger partial charge in [0, 0.05) is 32.3 Å².